The van der Waals surface area contributed by atoms with Crippen molar-refractivity contribution in [3.63, 3.8) is 0 Å². The van der Waals surface area contributed by atoms with E-state index in [2.05, 4.69) is 10.2 Å². The number of aromatic nitrogens is 2. The van der Waals surface area contributed by atoms with Gasteiger partial charge in [-0.2, -0.15) is 5.10 Å². The molecule has 3 atom stereocenters. The second-order valence-electron chi connectivity index (χ2n) is 5.76. The molecule has 1 aromatic heterocycles. The van der Waals surface area contributed by atoms with Crippen molar-refractivity contribution in [2.75, 3.05) is 19.3 Å². The van der Waals surface area contributed by atoms with E-state index in [1.807, 2.05) is 18.3 Å². The lowest BCUT2D eigenvalue weighted by atomic mass is 10.0. The van der Waals surface area contributed by atoms with Crippen LogP contribution >= 0.6 is 11.6 Å². The maximum atomic E-state index is 11.6. The van der Waals surface area contributed by atoms with Gasteiger partial charge < -0.3 is 0 Å². The number of sulfonamides is 1. The summed E-state index contributed by atoms with van der Waals surface area (Å²) in [7, 11) is -3.06. The molecular weight excluding hydrogens is 298 g/mol. The van der Waals surface area contributed by atoms with E-state index >= 15 is 0 Å². The third-order valence-electron chi connectivity index (χ3n) is 4.54. The summed E-state index contributed by atoms with van der Waals surface area (Å²) in [6, 6.07) is 3.86. The van der Waals surface area contributed by atoms with E-state index in [4.69, 9.17) is 11.6 Å². The number of hydrogen-bond donors (Lipinski definition) is 1. The molecule has 1 saturated heterocycles. The van der Waals surface area contributed by atoms with Crippen molar-refractivity contribution in [1.29, 1.82) is 0 Å². The molecule has 4 rings (SSSR count). The summed E-state index contributed by atoms with van der Waals surface area (Å²) in [6.45, 7) is 1.25. The fourth-order valence-corrected chi connectivity index (χ4v) is 4.65. The SMILES string of the molecule is CS(=O)(=O)N1C[C@@H]2C(c3cc(Cl)cc4[nH]ncc34)[C@@H]2C1. The van der Waals surface area contributed by atoms with Gasteiger partial charge in [0, 0.05) is 23.5 Å². The molecule has 1 aliphatic heterocycles. The fraction of sp³-hybridized carbons (Fsp3) is 0.462. The smallest absolute Gasteiger partial charge is 0.211 e. The minimum Gasteiger partial charge on any atom is -0.278 e. The van der Waals surface area contributed by atoms with E-state index in [-0.39, 0.29) is 0 Å². The van der Waals surface area contributed by atoms with Gasteiger partial charge in [0.2, 0.25) is 10.0 Å². The third-order valence-corrected chi connectivity index (χ3v) is 6.00. The summed E-state index contributed by atoms with van der Waals surface area (Å²) < 4.78 is 24.7. The number of nitrogens with one attached hydrogen (secondary N) is 1. The van der Waals surface area contributed by atoms with E-state index in [0.29, 0.717) is 35.9 Å². The molecule has 2 aliphatic rings. The van der Waals surface area contributed by atoms with Gasteiger partial charge in [-0.1, -0.05) is 11.6 Å². The van der Waals surface area contributed by atoms with Gasteiger partial charge in [0.15, 0.2) is 0 Å². The van der Waals surface area contributed by atoms with Gasteiger partial charge in [-0.3, -0.25) is 5.10 Å². The maximum absolute atomic E-state index is 11.6. The van der Waals surface area contributed by atoms with Crippen LogP contribution in [0.25, 0.3) is 10.9 Å². The highest BCUT2D eigenvalue weighted by atomic mass is 35.5. The van der Waals surface area contributed by atoms with Crippen molar-refractivity contribution in [2.45, 2.75) is 5.92 Å². The number of aromatic amines is 1. The Morgan fingerprint density at radius 3 is 2.70 bits per heavy atom. The molecule has 2 aromatic rings. The molecule has 1 unspecified atom stereocenters. The summed E-state index contributed by atoms with van der Waals surface area (Å²) in [5.41, 5.74) is 2.14. The number of H-pyrrole nitrogens is 1. The Morgan fingerprint density at radius 2 is 2.05 bits per heavy atom. The Morgan fingerprint density at radius 1 is 1.35 bits per heavy atom. The van der Waals surface area contributed by atoms with Crippen LogP contribution in [0.3, 0.4) is 0 Å². The van der Waals surface area contributed by atoms with Crippen LogP contribution < -0.4 is 0 Å². The first-order valence-electron chi connectivity index (χ1n) is 6.53. The van der Waals surface area contributed by atoms with Crippen molar-refractivity contribution in [1.82, 2.24) is 14.5 Å². The standard InChI is InChI=1S/C13H14ClN3O2S/c1-20(18,19)17-5-10-11(6-17)13(10)8-2-7(14)3-12-9(8)4-15-16-12/h2-4,10-11,13H,5-6H2,1H3,(H,15,16)/t10-,11+,13?. The van der Waals surface area contributed by atoms with Crippen LogP contribution in [0.4, 0.5) is 0 Å². The molecule has 1 aliphatic carbocycles. The van der Waals surface area contributed by atoms with Crippen LogP contribution in [0.2, 0.25) is 5.02 Å². The van der Waals surface area contributed by atoms with Gasteiger partial charge in [-0.15, -0.1) is 0 Å². The lowest BCUT2D eigenvalue weighted by Gasteiger charge is -2.17. The quantitative estimate of drug-likeness (QED) is 0.920. The van der Waals surface area contributed by atoms with Crippen molar-refractivity contribution in [3.8, 4) is 0 Å². The van der Waals surface area contributed by atoms with E-state index < -0.39 is 10.0 Å². The minimum absolute atomic E-state index is 0.409. The first-order valence-corrected chi connectivity index (χ1v) is 8.75. The van der Waals surface area contributed by atoms with Gasteiger partial charge in [-0.05, 0) is 35.4 Å². The van der Waals surface area contributed by atoms with E-state index in [9.17, 15) is 8.42 Å². The zero-order valence-corrected chi connectivity index (χ0v) is 12.4. The summed E-state index contributed by atoms with van der Waals surface area (Å²) in [6.07, 6.45) is 3.10. The second kappa shape index (κ2) is 3.96. The molecule has 1 saturated carbocycles. The lowest BCUT2D eigenvalue weighted by Crippen LogP contribution is -2.30. The predicted molar refractivity (Wildman–Crippen MR) is 77.2 cm³/mol. The number of benzene rings is 1. The largest absolute Gasteiger partial charge is 0.278 e. The van der Waals surface area contributed by atoms with E-state index in [1.165, 1.54) is 11.8 Å². The molecular formula is C13H14ClN3O2S. The first-order chi connectivity index (χ1) is 9.45. The summed E-state index contributed by atoms with van der Waals surface area (Å²) in [5.74, 6) is 1.24. The molecule has 0 bridgehead atoms. The minimum atomic E-state index is -3.06. The van der Waals surface area contributed by atoms with Crippen molar-refractivity contribution in [3.05, 3.63) is 28.9 Å². The molecule has 5 nitrogen and oxygen atoms in total. The van der Waals surface area contributed by atoms with Crippen LogP contribution in [-0.2, 0) is 10.0 Å². The zero-order valence-electron chi connectivity index (χ0n) is 10.9. The van der Waals surface area contributed by atoms with Crippen LogP contribution in [0, 0.1) is 11.8 Å². The van der Waals surface area contributed by atoms with Crippen LogP contribution in [0.5, 0.6) is 0 Å². The van der Waals surface area contributed by atoms with Crippen molar-refractivity contribution >= 4 is 32.5 Å². The highest BCUT2D eigenvalue weighted by molar-refractivity contribution is 7.88. The van der Waals surface area contributed by atoms with Crippen LogP contribution in [-0.4, -0.2) is 42.3 Å². The normalized spacial score (nSPS) is 29.8. The second-order valence-corrected chi connectivity index (χ2v) is 8.18. The van der Waals surface area contributed by atoms with Crippen LogP contribution in [0.1, 0.15) is 11.5 Å². The van der Waals surface area contributed by atoms with E-state index in [0.717, 1.165) is 10.9 Å². The maximum Gasteiger partial charge on any atom is 0.211 e. The molecule has 106 valence electrons. The Bertz CT molecular complexity index is 789. The van der Waals surface area contributed by atoms with Gasteiger partial charge in [0.25, 0.3) is 0 Å². The van der Waals surface area contributed by atoms with Crippen LogP contribution in [0.15, 0.2) is 18.3 Å². The zero-order chi connectivity index (χ0) is 14.1. The number of rotatable bonds is 2. The lowest BCUT2D eigenvalue weighted by molar-refractivity contribution is 0.437. The van der Waals surface area contributed by atoms with Crippen molar-refractivity contribution < 1.29 is 8.42 Å². The predicted octanol–water partition coefficient (Wildman–Crippen LogP) is 1.82. The van der Waals surface area contributed by atoms with Crippen molar-refractivity contribution in [2.24, 2.45) is 11.8 Å². The topological polar surface area (TPSA) is 66.1 Å². The summed E-state index contributed by atoms with van der Waals surface area (Å²) in [4.78, 5) is 0. The average Bonchev–Trinajstić information content (AvgIpc) is 2.78. The molecule has 2 heterocycles. The average molecular weight is 312 g/mol. The number of piperidine rings is 1. The van der Waals surface area contributed by atoms with Gasteiger partial charge in [-0.25, -0.2) is 12.7 Å². The number of halogens is 1. The summed E-state index contributed by atoms with van der Waals surface area (Å²) in [5, 5.41) is 8.81. The summed E-state index contributed by atoms with van der Waals surface area (Å²) >= 11 is 6.16. The Balaban J connectivity index is 1.67. The highest BCUT2D eigenvalue weighted by Crippen LogP contribution is 2.59. The highest BCUT2D eigenvalue weighted by Gasteiger charge is 2.58. The molecule has 7 heteroatoms. The Labute approximate surface area is 122 Å². The monoisotopic (exact) mass is 311 g/mol. The number of nitrogens with zero attached hydrogens (tertiary/aromatic N) is 2. The van der Waals surface area contributed by atoms with Gasteiger partial charge >= 0.3 is 0 Å². The molecule has 0 amide bonds. The van der Waals surface area contributed by atoms with Gasteiger partial charge in [0.1, 0.15) is 0 Å². The fourth-order valence-electron chi connectivity index (χ4n) is 3.54. The molecule has 20 heavy (non-hydrogen) atoms. The first kappa shape index (κ1) is 12.6. The molecule has 0 spiro atoms. The number of hydrogen-bond acceptors (Lipinski definition) is 3. The van der Waals surface area contributed by atoms with Gasteiger partial charge in [0.05, 0.1) is 18.0 Å². The molecule has 1 aromatic carbocycles. The molecule has 2 fully saturated rings. The Hall–Kier alpha value is -1.11. The molecule has 0 radical (unpaired) electrons. The third kappa shape index (κ3) is 1.78. The molecule has 1 N–H and O–H groups in total. The number of fused-ring (bicyclic) bond motifs is 2. The Kier molecular flexibility index (Phi) is 2.50. The van der Waals surface area contributed by atoms with E-state index in [1.54, 1.807) is 4.31 Å².